The van der Waals surface area contributed by atoms with Crippen molar-refractivity contribution >= 4 is 23.6 Å². The minimum atomic E-state index is -0.967. The maximum Gasteiger partial charge on any atom is 0.412 e. The van der Waals surface area contributed by atoms with Crippen LogP contribution in [0.1, 0.15) is 89.0 Å². The van der Waals surface area contributed by atoms with E-state index in [-0.39, 0.29) is 42.1 Å². The van der Waals surface area contributed by atoms with Crippen molar-refractivity contribution in [3.8, 4) is 11.5 Å². The lowest BCUT2D eigenvalue weighted by molar-refractivity contribution is -0.223. The third-order valence-corrected chi connectivity index (χ3v) is 11.7. The van der Waals surface area contributed by atoms with Crippen LogP contribution in [0.15, 0.2) is 47.7 Å². The molecule has 6 atom stereocenters. The summed E-state index contributed by atoms with van der Waals surface area (Å²) in [7, 11) is 1.61. The van der Waals surface area contributed by atoms with E-state index in [1.165, 1.54) is 25.7 Å². The zero-order valence-corrected chi connectivity index (χ0v) is 28.3. The van der Waals surface area contributed by atoms with Crippen LogP contribution in [0.2, 0.25) is 0 Å². The highest BCUT2D eigenvalue weighted by Crippen LogP contribution is 2.63. The molecule has 1 aromatic carbocycles. The van der Waals surface area contributed by atoms with Crippen LogP contribution in [-0.2, 0) is 9.57 Å². The molecule has 0 radical (unpaired) electrons. The Morgan fingerprint density at radius 1 is 1.17 bits per heavy atom. The second kappa shape index (κ2) is 16.5. The van der Waals surface area contributed by atoms with E-state index in [0.717, 1.165) is 61.1 Å². The number of allylic oxidation sites excluding steroid dienone is 1. The van der Waals surface area contributed by atoms with Crippen molar-refractivity contribution < 1.29 is 34.1 Å². The molecule has 4 aliphatic rings. The number of nitrogens with zero attached hydrogens (tertiary/aromatic N) is 1. The predicted octanol–water partition coefficient (Wildman–Crippen LogP) is 6.73. The molecular weight excluding hydrogens is 604 g/mol. The molecule has 6 unspecified atom stereocenters. The molecule has 10 heteroatoms. The zero-order chi connectivity index (χ0) is 32.5. The Morgan fingerprint density at radius 2 is 1.93 bits per heavy atom. The van der Waals surface area contributed by atoms with Gasteiger partial charge in [-0.25, -0.2) is 4.79 Å². The van der Waals surface area contributed by atoms with Gasteiger partial charge in [-0.1, -0.05) is 43.0 Å². The number of hydrogen-bond donors (Lipinski definition) is 3. The number of oxime groups is 1. The van der Waals surface area contributed by atoms with E-state index in [1.807, 2.05) is 30.8 Å². The third kappa shape index (κ3) is 7.45. The van der Waals surface area contributed by atoms with Crippen molar-refractivity contribution in [3.05, 3.63) is 48.1 Å². The lowest BCUT2D eigenvalue weighted by Crippen LogP contribution is -2.64. The van der Waals surface area contributed by atoms with Crippen molar-refractivity contribution in [2.75, 3.05) is 33.5 Å². The number of carbonyl (C=O) groups excluding carboxylic acids is 1. The Bertz CT molecular complexity index is 1250. The van der Waals surface area contributed by atoms with Gasteiger partial charge in [-0.05, 0) is 81.1 Å². The monoisotopic (exact) mass is 656 g/mol. The van der Waals surface area contributed by atoms with Crippen LogP contribution in [0, 0.1) is 17.8 Å². The SMILES string of the molecule is C=CCOC12Oc3ccc(OC(=O)NCC)cc3C3C(CCCCO)C(CCCCO)C=C(C(=NOC)CC1SC1CCCC1)C32. The van der Waals surface area contributed by atoms with E-state index in [9.17, 15) is 15.0 Å². The maximum absolute atomic E-state index is 12.5. The molecule has 0 bridgehead atoms. The standard InChI is InChI=1S/C36H52N2O7S/c1-4-20-43-36-32(46-26-13-6-7-14-26)23-30(38-42-3)28-21-24(12-8-10-18-39)27(15-9-11-19-40)33(34(28)36)29-22-25(16-17-31(29)45-36)44-35(41)37-5-2/h4,16-17,21-22,24,26-27,32-34,39-40H,1,5-15,18-20,23H2,2-3H3,(H,37,41). The number of nitrogens with one attached hydrogen (secondary N) is 1. The maximum atomic E-state index is 12.5. The number of carbonyl (C=O) groups is 1. The molecule has 0 saturated heterocycles. The predicted molar refractivity (Wildman–Crippen MR) is 182 cm³/mol. The lowest BCUT2D eigenvalue weighted by Gasteiger charge is -2.58. The summed E-state index contributed by atoms with van der Waals surface area (Å²) in [5.74, 6) is 0.442. The molecule has 1 aromatic rings. The minimum Gasteiger partial charge on any atom is -0.460 e. The first kappa shape index (κ1) is 34.8. The molecule has 1 aliphatic heterocycles. The van der Waals surface area contributed by atoms with Crippen LogP contribution in [-0.4, -0.2) is 71.8 Å². The molecule has 5 rings (SSSR count). The molecule has 46 heavy (non-hydrogen) atoms. The van der Waals surface area contributed by atoms with Gasteiger partial charge in [0.25, 0.3) is 0 Å². The van der Waals surface area contributed by atoms with Crippen molar-refractivity contribution in [2.45, 2.75) is 99.8 Å². The van der Waals surface area contributed by atoms with Gasteiger partial charge < -0.3 is 34.6 Å². The van der Waals surface area contributed by atoms with Gasteiger partial charge in [0.2, 0.25) is 5.79 Å². The number of benzene rings is 1. The summed E-state index contributed by atoms with van der Waals surface area (Å²) >= 11 is 1.98. The summed E-state index contributed by atoms with van der Waals surface area (Å²) in [5.41, 5.74) is 3.04. The second-order valence-electron chi connectivity index (χ2n) is 12.9. The van der Waals surface area contributed by atoms with Gasteiger partial charge >= 0.3 is 6.09 Å². The van der Waals surface area contributed by atoms with Crippen LogP contribution >= 0.6 is 11.8 Å². The van der Waals surface area contributed by atoms with Crippen LogP contribution in [0.25, 0.3) is 0 Å². The lowest BCUT2D eigenvalue weighted by atomic mass is 9.56. The molecule has 3 N–H and O–H groups in total. The number of aliphatic hydroxyl groups is 2. The molecular formula is C36H52N2O7S. The fourth-order valence-corrected chi connectivity index (χ4v) is 9.94. The van der Waals surface area contributed by atoms with E-state index in [4.69, 9.17) is 19.0 Å². The van der Waals surface area contributed by atoms with E-state index in [2.05, 4.69) is 23.1 Å². The largest absolute Gasteiger partial charge is 0.460 e. The zero-order valence-electron chi connectivity index (χ0n) is 27.5. The van der Waals surface area contributed by atoms with Crippen LogP contribution in [0.3, 0.4) is 0 Å². The average molecular weight is 657 g/mol. The van der Waals surface area contributed by atoms with Crippen molar-refractivity contribution in [1.82, 2.24) is 5.32 Å². The number of ether oxygens (including phenoxy) is 3. The van der Waals surface area contributed by atoms with Crippen molar-refractivity contribution in [2.24, 2.45) is 22.9 Å². The van der Waals surface area contributed by atoms with E-state index < -0.39 is 11.9 Å². The Morgan fingerprint density at radius 3 is 2.63 bits per heavy atom. The summed E-state index contributed by atoms with van der Waals surface area (Å²) in [6, 6.07) is 5.70. The highest BCUT2D eigenvalue weighted by Gasteiger charge is 2.64. The van der Waals surface area contributed by atoms with E-state index in [0.29, 0.717) is 30.6 Å². The number of unbranched alkanes of at least 4 members (excludes halogenated alkanes) is 2. The summed E-state index contributed by atoms with van der Waals surface area (Å²) in [6.07, 6.45) is 14.3. The summed E-state index contributed by atoms with van der Waals surface area (Å²) in [6.45, 7) is 6.99. The normalized spacial score (nSPS) is 29.3. The van der Waals surface area contributed by atoms with E-state index >= 15 is 0 Å². The Kier molecular flexibility index (Phi) is 12.5. The fourth-order valence-electron chi connectivity index (χ4n) is 8.16. The molecule has 0 spiro atoms. The van der Waals surface area contributed by atoms with Crippen LogP contribution < -0.4 is 14.8 Å². The molecule has 2 fully saturated rings. The quantitative estimate of drug-likeness (QED) is 0.102. The van der Waals surface area contributed by atoms with Crippen molar-refractivity contribution in [1.29, 1.82) is 0 Å². The molecule has 0 aromatic heterocycles. The first-order valence-electron chi connectivity index (χ1n) is 17.2. The van der Waals surface area contributed by atoms with Crippen LogP contribution in [0.5, 0.6) is 11.5 Å². The number of amides is 1. The molecule has 3 aliphatic carbocycles. The van der Waals surface area contributed by atoms with E-state index in [1.54, 1.807) is 19.3 Å². The number of thioether (sulfide) groups is 1. The third-order valence-electron chi connectivity index (χ3n) is 10.0. The van der Waals surface area contributed by atoms with Gasteiger partial charge in [0, 0.05) is 42.9 Å². The number of rotatable bonds is 16. The van der Waals surface area contributed by atoms with Gasteiger partial charge in [-0.3, -0.25) is 0 Å². The molecule has 1 amide bonds. The summed E-state index contributed by atoms with van der Waals surface area (Å²) in [5, 5.41) is 27.3. The van der Waals surface area contributed by atoms with Gasteiger partial charge in [-0.15, -0.1) is 18.3 Å². The molecule has 9 nitrogen and oxygen atoms in total. The second-order valence-corrected chi connectivity index (χ2v) is 14.4. The highest BCUT2D eigenvalue weighted by atomic mass is 32.2. The first-order chi connectivity index (χ1) is 22.5. The summed E-state index contributed by atoms with van der Waals surface area (Å²) in [4.78, 5) is 18.0. The number of aliphatic hydroxyl groups excluding tert-OH is 2. The van der Waals surface area contributed by atoms with Gasteiger partial charge in [0.15, 0.2) is 0 Å². The van der Waals surface area contributed by atoms with Crippen LogP contribution in [0.4, 0.5) is 4.79 Å². The van der Waals surface area contributed by atoms with Crippen molar-refractivity contribution in [3.63, 3.8) is 0 Å². The molecule has 254 valence electrons. The Balaban J connectivity index is 1.69. The average Bonchev–Trinajstić information content (AvgIpc) is 3.56. The van der Waals surface area contributed by atoms with Gasteiger partial charge in [-0.2, -0.15) is 0 Å². The fraction of sp³-hybridized carbons (Fsp3) is 0.667. The van der Waals surface area contributed by atoms with Gasteiger partial charge in [0.1, 0.15) is 18.6 Å². The van der Waals surface area contributed by atoms with Gasteiger partial charge in [0.05, 0.1) is 23.5 Å². The number of hydrogen-bond acceptors (Lipinski definition) is 9. The molecule has 1 heterocycles. The first-order valence-corrected chi connectivity index (χ1v) is 18.2. The topological polar surface area (TPSA) is 119 Å². The summed E-state index contributed by atoms with van der Waals surface area (Å²) < 4.78 is 19.8. The minimum absolute atomic E-state index is 0.0294. The molecule has 2 saturated carbocycles. The smallest absolute Gasteiger partial charge is 0.412 e. The Labute approximate surface area is 278 Å². The number of fused-ring (bicyclic) bond motifs is 2. The Hall–Kier alpha value is -2.53. The highest BCUT2D eigenvalue weighted by molar-refractivity contribution is 8.00.